The summed E-state index contributed by atoms with van der Waals surface area (Å²) in [5.41, 5.74) is 8.38. The molecule has 1 aromatic heterocycles. The number of ether oxygens (including phenoxy) is 1. The largest absolute Gasteiger partial charge is 0.461 e. The van der Waals surface area contributed by atoms with Crippen LogP contribution in [0.25, 0.3) is 11.1 Å². The molecular weight excluding hydrogens is 328 g/mol. The smallest absolute Gasteiger partial charge is 0.308 e. The Morgan fingerprint density at radius 2 is 1.58 bits per heavy atom. The second-order valence-corrected chi connectivity index (χ2v) is 5.98. The van der Waals surface area contributed by atoms with Crippen LogP contribution in [0, 0.1) is 0 Å². The van der Waals surface area contributed by atoms with Gasteiger partial charge in [0.05, 0.1) is 6.42 Å². The molecule has 1 atom stereocenters. The lowest BCUT2D eigenvalue weighted by Crippen LogP contribution is -2.28. The second-order valence-electron chi connectivity index (χ2n) is 5.98. The molecule has 132 valence electrons. The zero-order valence-corrected chi connectivity index (χ0v) is 14.2. The number of amides is 1. The van der Waals surface area contributed by atoms with Crippen molar-refractivity contribution in [1.82, 2.24) is 4.57 Å². The van der Waals surface area contributed by atoms with Gasteiger partial charge in [-0.15, -0.1) is 0 Å². The molecule has 1 amide bonds. The average molecular weight is 348 g/mol. The number of hydrogen-bond donors (Lipinski definition) is 1. The molecule has 0 spiro atoms. The van der Waals surface area contributed by atoms with Crippen LogP contribution in [-0.4, -0.2) is 16.4 Å². The number of aromatic nitrogens is 1. The minimum Gasteiger partial charge on any atom is -0.461 e. The van der Waals surface area contributed by atoms with E-state index in [1.807, 2.05) is 72.9 Å². The van der Waals surface area contributed by atoms with Crippen molar-refractivity contribution >= 4 is 11.9 Å². The molecule has 0 fully saturated rings. The first kappa shape index (κ1) is 17.5. The van der Waals surface area contributed by atoms with Crippen LogP contribution in [0.1, 0.15) is 18.0 Å². The Balaban J connectivity index is 1.67. The molecule has 26 heavy (non-hydrogen) atoms. The Labute approximate surface area is 152 Å². The fourth-order valence-corrected chi connectivity index (χ4v) is 2.72. The lowest BCUT2D eigenvalue weighted by molar-refractivity contribution is -0.147. The molecular formula is C21H20N2O3. The molecule has 0 aliphatic carbocycles. The van der Waals surface area contributed by atoms with Crippen molar-refractivity contribution < 1.29 is 14.3 Å². The van der Waals surface area contributed by atoms with Gasteiger partial charge in [0, 0.05) is 12.4 Å². The maximum atomic E-state index is 12.1. The van der Waals surface area contributed by atoms with E-state index in [4.69, 9.17) is 10.5 Å². The summed E-state index contributed by atoms with van der Waals surface area (Å²) in [6.07, 6.45) is 3.46. The van der Waals surface area contributed by atoms with Gasteiger partial charge in [-0.1, -0.05) is 60.7 Å². The number of primary amides is 1. The summed E-state index contributed by atoms with van der Waals surface area (Å²) in [7, 11) is 0. The SMILES string of the molecule is NC(=O)[C@@H](CC(=O)OCc1ccccc1)n1ccc(-c2ccccc2)c1. The highest BCUT2D eigenvalue weighted by Gasteiger charge is 2.22. The Morgan fingerprint density at radius 3 is 2.23 bits per heavy atom. The third-order valence-electron chi connectivity index (χ3n) is 4.11. The Bertz CT molecular complexity index is 873. The van der Waals surface area contributed by atoms with E-state index in [0.717, 1.165) is 16.7 Å². The van der Waals surface area contributed by atoms with Gasteiger partial charge in [0.2, 0.25) is 5.91 Å². The molecule has 5 nitrogen and oxygen atoms in total. The maximum Gasteiger partial charge on any atom is 0.308 e. The lowest BCUT2D eigenvalue weighted by atomic mass is 10.1. The Kier molecular flexibility index (Phi) is 5.49. The molecule has 1 heterocycles. The number of benzene rings is 2. The predicted octanol–water partition coefficient (Wildman–Crippen LogP) is 3.32. The Hall–Kier alpha value is -3.34. The van der Waals surface area contributed by atoms with Crippen LogP contribution in [0.4, 0.5) is 0 Å². The molecule has 0 saturated carbocycles. The summed E-state index contributed by atoms with van der Waals surface area (Å²) in [5.74, 6) is -1.04. The van der Waals surface area contributed by atoms with Crippen LogP contribution in [0.15, 0.2) is 79.1 Å². The zero-order valence-electron chi connectivity index (χ0n) is 14.2. The van der Waals surface area contributed by atoms with Crippen molar-refractivity contribution in [3.63, 3.8) is 0 Å². The van der Waals surface area contributed by atoms with Gasteiger partial charge in [0.1, 0.15) is 12.6 Å². The van der Waals surface area contributed by atoms with E-state index in [1.165, 1.54) is 0 Å². The van der Waals surface area contributed by atoms with Gasteiger partial charge in [0.25, 0.3) is 0 Å². The van der Waals surface area contributed by atoms with Gasteiger partial charge in [-0.3, -0.25) is 9.59 Å². The molecule has 0 saturated heterocycles. The summed E-state index contributed by atoms with van der Waals surface area (Å²) in [5, 5.41) is 0. The second kappa shape index (κ2) is 8.16. The van der Waals surface area contributed by atoms with Crippen molar-refractivity contribution in [2.24, 2.45) is 5.73 Å². The van der Waals surface area contributed by atoms with Gasteiger partial charge in [0.15, 0.2) is 0 Å². The van der Waals surface area contributed by atoms with Crippen molar-refractivity contribution in [1.29, 1.82) is 0 Å². The van der Waals surface area contributed by atoms with E-state index in [1.54, 1.807) is 10.8 Å². The lowest BCUT2D eigenvalue weighted by Gasteiger charge is -2.15. The molecule has 0 aliphatic heterocycles. The predicted molar refractivity (Wildman–Crippen MR) is 99.0 cm³/mol. The van der Waals surface area contributed by atoms with E-state index < -0.39 is 17.9 Å². The normalized spacial score (nSPS) is 11.7. The molecule has 5 heteroatoms. The zero-order chi connectivity index (χ0) is 18.4. The number of nitrogens with zero attached hydrogens (tertiary/aromatic N) is 1. The van der Waals surface area contributed by atoms with Crippen LogP contribution in [0.3, 0.4) is 0 Å². The number of rotatable bonds is 7. The topological polar surface area (TPSA) is 74.3 Å². The minimum absolute atomic E-state index is 0.106. The number of carbonyl (C=O) groups is 2. The first-order chi connectivity index (χ1) is 12.6. The van der Waals surface area contributed by atoms with E-state index in [9.17, 15) is 9.59 Å². The van der Waals surface area contributed by atoms with Crippen molar-refractivity contribution in [3.05, 3.63) is 84.7 Å². The maximum absolute atomic E-state index is 12.1. The number of carbonyl (C=O) groups excluding carboxylic acids is 2. The summed E-state index contributed by atoms with van der Waals surface area (Å²) >= 11 is 0. The van der Waals surface area contributed by atoms with Crippen LogP contribution in [-0.2, 0) is 20.9 Å². The van der Waals surface area contributed by atoms with Gasteiger partial charge in [-0.2, -0.15) is 0 Å². The summed E-state index contributed by atoms with van der Waals surface area (Å²) in [4.78, 5) is 24.0. The van der Waals surface area contributed by atoms with E-state index >= 15 is 0 Å². The molecule has 0 unspecified atom stereocenters. The molecule has 0 bridgehead atoms. The van der Waals surface area contributed by atoms with E-state index in [-0.39, 0.29) is 13.0 Å². The highest BCUT2D eigenvalue weighted by Crippen LogP contribution is 2.22. The highest BCUT2D eigenvalue weighted by molar-refractivity contribution is 5.84. The highest BCUT2D eigenvalue weighted by atomic mass is 16.5. The molecule has 3 aromatic rings. The van der Waals surface area contributed by atoms with Crippen LogP contribution in [0.2, 0.25) is 0 Å². The quantitative estimate of drug-likeness (QED) is 0.666. The summed E-state index contributed by atoms with van der Waals surface area (Å²) in [6, 6.07) is 20.3. The first-order valence-electron chi connectivity index (χ1n) is 8.35. The monoisotopic (exact) mass is 348 g/mol. The van der Waals surface area contributed by atoms with Crippen LogP contribution in [0.5, 0.6) is 0 Å². The standard InChI is InChI=1S/C21H20N2O3/c22-21(25)19(13-20(24)26-15-16-7-3-1-4-8-16)23-12-11-18(14-23)17-9-5-2-6-10-17/h1-12,14,19H,13,15H2,(H2,22,25)/t19-/m1/s1. The molecule has 0 aliphatic rings. The van der Waals surface area contributed by atoms with Crippen LogP contribution < -0.4 is 5.73 Å². The third kappa shape index (κ3) is 4.39. The van der Waals surface area contributed by atoms with Gasteiger partial charge < -0.3 is 15.0 Å². The first-order valence-corrected chi connectivity index (χ1v) is 8.35. The van der Waals surface area contributed by atoms with Crippen LogP contribution >= 0.6 is 0 Å². The minimum atomic E-state index is -0.782. The number of hydrogen-bond acceptors (Lipinski definition) is 3. The fourth-order valence-electron chi connectivity index (χ4n) is 2.72. The number of esters is 1. The molecule has 0 radical (unpaired) electrons. The van der Waals surface area contributed by atoms with Gasteiger partial charge in [-0.25, -0.2) is 0 Å². The average Bonchev–Trinajstić information content (AvgIpc) is 3.15. The Morgan fingerprint density at radius 1 is 0.923 bits per heavy atom. The third-order valence-corrected chi connectivity index (χ3v) is 4.11. The van der Waals surface area contributed by atoms with E-state index in [2.05, 4.69) is 0 Å². The van der Waals surface area contributed by atoms with Gasteiger partial charge in [-0.05, 0) is 22.8 Å². The van der Waals surface area contributed by atoms with Crippen molar-refractivity contribution in [2.75, 3.05) is 0 Å². The van der Waals surface area contributed by atoms with E-state index in [0.29, 0.717) is 0 Å². The van der Waals surface area contributed by atoms with Crippen molar-refractivity contribution in [3.8, 4) is 11.1 Å². The van der Waals surface area contributed by atoms with Gasteiger partial charge >= 0.3 is 5.97 Å². The number of nitrogens with two attached hydrogens (primary N) is 1. The molecule has 3 rings (SSSR count). The molecule has 2 N–H and O–H groups in total. The summed E-state index contributed by atoms with van der Waals surface area (Å²) in [6.45, 7) is 0.173. The summed E-state index contributed by atoms with van der Waals surface area (Å²) < 4.78 is 6.92. The van der Waals surface area contributed by atoms with Crippen molar-refractivity contribution in [2.45, 2.75) is 19.1 Å². The molecule has 2 aromatic carbocycles. The fraction of sp³-hybridized carbons (Fsp3) is 0.143.